The summed E-state index contributed by atoms with van der Waals surface area (Å²) in [5.41, 5.74) is 6.62. The highest BCUT2D eigenvalue weighted by Gasteiger charge is 2.33. The highest BCUT2D eigenvalue weighted by molar-refractivity contribution is 5.55. The molecule has 3 heterocycles. The molecule has 0 saturated carbocycles. The van der Waals surface area contributed by atoms with Crippen molar-refractivity contribution in [2.24, 2.45) is 0 Å². The van der Waals surface area contributed by atoms with E-state index < -0.39 is 5.41 Å². The van der Waals surface area contributed by atoms with Gasteiger partial charge in [-0.15, -0.1) is 0 Å². The van der Waals surface area contributed by atoms with E-state index in [-0.39, 0.29) is 0 Å². The van der Waals surface area contributed by atoms with Gasteiger partial charge in [-0.05, 0) is 79.3 Å². The molecular formula is C44H68O6. The summed E-state index contributed by atoms with van der Waals surface area (Å²) in [4.78, 5) is 0. The summed E-state index contributed by atoms with van der Waals surface area (Å²) in [6, 6.07) is 19.8. The summed E-state index contributed by atoms with van der Waals surface area (Å²) in [6.07, 6.45) is 5.15. The van der Waals surface area contributed by atoms with Gasteiger partial charge in [-0.25, -0.2) is 0 Å². The minimum Gasteiger partial charge on any atom is -0.493 e. The monoisotopic (exact) mass is 693 g/mol. The van der Waals surface area contributed by atoms with Gasteiger partial charge < -0.3 is 28.4 Å². The maximum Gasteiger partial charge on any atom is 0.122 e. The second-order valence-electron chi connectivity index (χ2n) is 12.6. The lowest BCUT2D eigenvalue weighted by Gasteiger charge is -2.33. The van der Waals surface area contributed by atoms with E-state index >= 15 is 0 Å². The van der Waals surface area contributed by atoms with Crippen molar-refractivity contribution >= 4 is 0 Å². The maximum absolute atomic E-state index is 6.12. The Morgan fingerprint density at radius 1 is 0.520 bits per heavy atom. The first kappa shape index (κ1) is 43.1. The van der Waals surface area contributed by atoms with Crippen molar-refractivity contribution in [1.82, 2.24) is 0 Å². The van der Waals surface area contributed by atoms with Crippen LogP contribution in [-0.2, 0) is 19.6 Å². The molecule has 3 atom stereocenters. The van der Waals surface area contributed by atoms with Crippen molar-refractivity contribution in [3.63, 3.8) is 0 Å². The van der Waals surface area contributed by atoms with E-state index in [1.54, 1.807) is 0 Å². The van der Waals surface area contributed by atoms with Gasteiger partial charge in [0.2, 0.25) is 0 Å². The molecule has 0 N–H and O–H groups in total. The van der Waals surface area contributed by atoms with E-state index in [4.69, 9.17) is 28.4 Å². The number of aryl methyl sites for hydroxylation is 3. The molecule has 3 aliphatic rings. The van der Waals surface area contributed by atoms with Crippen molar-refractivity contribution < 1.29 is 28.4 Å². The van der Waals surface area contributed by atoms with E-state index in [1.165, 1.54) is 23.1 Å². The molecule has 0 radical (unpaired) electrons. The number of benzene rings is 3. The highest BCUT2D eigenvalue weighted by atomic mass is 16.6. The Balaban J connectivity index is 0.000000887. The van der Waals surface area contributed by atoms with E-state index in [9.17, 15) is 0 Å². The largest absolute Gasteiger partial charge is 0.493 e. The van der Waals surface area contributed by atoms with Crippen molar-refractivity contribution in [3.8, 4) is 17.2 Å². The van der Waals surface area contributed by atoms with E-state index in [0.717, 1.165) is 73.0 Å². The fourth-order valence-electron chi connectivity index (χ4n) is 5.47. The molecule has 3 aliphatic heterocycles. The molecule has 0 aliphatic carbocycles. The first-order valence-electron chi connectivity index (χ1n) is 19.4. The van der Waals surface area contributed by atoms with Gasteiger partial charge in [-0.3, -0.25) is 0 Å². The van der Waals surface area contributed by atoms with Gasteiger partial charge in [0.25, 0.3) is 0 Å². The summed E-state index contributed by atoms with van der Waals surface area (Å²) < 4.78 is 34.4. The molecule has 6 nitrogen and oxygen atoms in total. The first-order valence-corrected chi connectivity index (χ1v) is 19.4. The van der Waals surface area contributed by atoms with Gasteiger partial charge in [-0.2, -0.15) is 0 Å². The maximum atomic E-state index is 6.12. The Morgan fingerprint density at radius 2 is 0.760 bits per heavy atom. The second-order valence-corrected chi connectivity index (χ2v) is 12.6. The Morgan fingerprint density at radius 3 is 0.960 bits per heavy atom. The Bertz CT molecular complexity index is 1210. The van der Waals surface area contributed by atoms with Crippen LogP contribution >= 0.6 is 0 Å². The predicted octanol–water partition coefficient (Wildman–Crippen LogP) is 11.0. The zero-order valence-electron chi connectivity index (χ0n) is 33.4. The van der Waals surface area contributed by atoms with Crippen LogP contribution in [0.4, 0.5) is 0 Å². The van der Waals surface area contributed by atoms with Gasteiger partial charge in [-0.1, -0.05) is 98.2 Å². The summed E-state index contributed by atoms with van der Waals surface area (Å²) in [5, 5.41) is 0. The lowest BCUT2D eigenvalue weighted by Crippen LogP contribution is -2.26. The van der Waals surface area contributed by atoms with Crippen LogP contribution in [0.15, 0.2) is 54.6 Å². The van der Waals surface area contributed by atoms with Crippen LogP contribution in [0.25, 0.3) is 0 Å². The molecule has 0 aromatic heterocycles. The molecule has 0 amide bonds. The normalized spacial score (nSPS) is 18.8. The van der Waals surface area contributed by atoms with Crippen LogP contribution in [0, 0.1) is 20.8 Å². The van der Waals surface area contributed by atoms with Gasteiger partial charge in [0, 0.05) is 24.7 Å². The number of rotatable bonds is 15. The van der Waals surface area contributed by atoms with Crippen molar-refractivity contribution in [2.75, 3.05) is 39.6 Å². The van der Waals surface area contributed by atoms with Crippen LogP contribution < -0.4 is 14.2 Å². The predicted molar refractivity (Wildman–Crippen MR) is 209 cm³/mol. The fraction of sp³-hybridized carbons (Fsp3) is 0.591. The third kappa shape index (κ3) is 13.2. The molecule has 6 heteroatoms. The summed E-state index contributed by atoms with van der Waals surface area (Å²) in [7, 11) is 0. The molecular weight excluding hydrogens is 624 g/mol. The second kappa shape index (κ2) is 22.7. The molecule has 50 heavy (non-hydrogen) atoms. The molecule has 6 rings (SSSR count). The number of hydrogen-bond donors (Lipinski definition) is 0. The molecule has 3 fully saturated rings. The lowest BCUT2D eigenvalue weighted by atomic mass is 9.70. The smallest absolute Gasteiger partial charge is 0.122 e. The van der Waals surface area contributed by atoms with E-state index in [0.29, 0.717) is 38.1 Å². The van der Waals surface area contributed by atoms with Gasteiger partial charge >= 0.3 is 0 Å². The van der Waals surface area contributed by atoms with E-state index in [2.05, 4.69) is 96.1 Å². The third-order valence-corrected chi connectivity index (χ3v) is 8.56. The number of hydrogen-bond acceptors (Lipinski definition) is 6. The average molecular weight is 693 g/mol. The molecule has 0 bridgehead atoms. The van der Waals surface area contributed by atoms with Crippen LogP contribution in [0.5, 0.6) is 17.2 Å². The summed E-state index contributed by atoms with van der Waals surface area (Å²) in [5.74, 6) is 2.78. The SMILES string of the molecule is CC.CC.CC.CCC.Cc1cc(C(C)(c2ccc(OCCC3CO3)c(C)c2)c2ccc(OCCC3CO3)c(C)c2)ccc1OCCC1CO1. The Hall–Kier alpha value is -3.06. The topological polar surface area (TPSA) is 65.3 Å². The molecule has 3 unspecified atom stereocenters. The standard InChI is InChI=1S/C35H42O6.C3H8.3C2H6/c1-23-17-26(5-8-32(23)36-14-11-29-20-39-29)35(4,27-6-9-33(24(2)18-27)37-15-12-30-21-40-30)28-7-10-34(25(3)19-28)38-16-13-31-22-41-31;1-3-2;3*1-2/h5-10,17-19,29-31H,11-16,20-22H2,1-4H3;3H2,1-2H3;3*1-2H3. The summed E-state index contributed by atoms with van der Waals surface area (Å²) in [6.45, 7) is 29.5. The lowest BCUT2D eigenvalue weighted by molar-refractivity contribution is 0.281. The molecule has 3 aromatic rings. The quantitative estimate of drug-likeness (QED) is 0.117. The fourth-order valence-corrected chi connectivity index (χ4v) is 5.47. The van der Waals surface area contributed by atoms with Crippen LogP contribution in [0.2, 0.25) is 0 Å². The highest BCUT2D eigenvalue weighted by Crippen LogP contribution is 2.43. The third-order valence-electron chi connectivity index (χ3n) is 8.56. The average Bonchev–Trinajstić information content (AvgIpc) is 3.97. The van der Waals surface area contributed by atoms with Gasteiger partial charge in [0.15, 0.2) is 0 Å². The minimum absolute atomic E-state index is 0.368. The Labute approximate surface area is 305 Å². The van der Waals surface area contributed by atoms with Crippen molar-refractivity contribution in [2.45, 2.75) is 132 Å². The van der Waals surface area contributed by atoms with Crippen molar-refractivity contribution in [1.29, 1.82) is 0 Å². The number of ether oxygens (including phenoxy) is 6. The first-order chi connectivity index (χ1) is 24.3. The van der Waals surface area contributed by atoms with Crippen molar-refractivity contribution in [3.05, 3.63) is 88.0 Å². The summed E-state index contributed by atoms with van der Waals surface area (Å²) >= 11 is 0. The Kier molecular flexibility index (Phi) is 19.6. The zero-order chi connectivity index (χ0) is 37.1. The van der Waals surface area contributed by atoms with Crippen LogP contribution in [0.3, 0.4) is 0 Å². The van der Waals surface area contributed by atoms with Gasteiger partial charge in [0.1, 0.15) is 17.2 Å². The van der Waals surface area contributed by atoms with Crippen LogP contribution in [-0.4, -0.2) is 58.0 Å². The minimum atomic E-state index is -0.401. The zero-order valence-corrected chi connectivity index (χ0v) is 33.4. The molecule has 0 spiro atoms. The molecule has 280 valence electrons. The van der Waals surface area contributed by atoms with Crippen LogP contribution in [0.1, 0.15) is 121 Å². The number of epoxide rings is 3. The molecule has 3 aromatic carbocycles. The van der Waals surface area contributed by atoms with Gasteiger partial charge in [0.05, 0.1) is 58.0 Å². The van der Waals surface area contributed by atoms with E-state index in [1.807, 2.05) is 41.5 Å². The molecule has 3 saturated heterocycles.